The second kappa shape index (κ2) is 6.27. The third-order valence-electron chi connectivity index (χ3n) is 2.71. The number of esters is 1. The van der Waals surface area contributed by atoms with E-state index in [2.05, 4.69) is 27.7 Å². The Morgan fingerprint density at radius 1 is 1.52 bits per heavy atom. The molecule has 0 amide bonds. The maximum absolute atomic E-state index is 11.2. The molecule has 0 saturated carbocycles. The minimum Gasteiger partial charge on any atom is -0.426 e. The Balaban J connectivity index is 2.54. The Bertz CT molecular complexity index is 743. The maximum atomic E-state index is 11.2. The minimum absolute atomic E-state index is 0.0725. The van der Waals surface area contributed by atoms with E-state index in [1.165, 1.54) is 13.1 Å². The lowest BCUT2D eigenvalue weighted by atomic mass is 10.1. The summed E-state index contributed by atoms with van der Waals surface area (Å²) in [6.07, 6.45) is 3.20. The lowest BCUT2D eigenvalue weighted by molar-refractivity contribution is -0.131. The smallest absolute Gasteiger partial charge is 0.308 e. The fourth-order valence-electron chi connectivity index (χ4n) is 1.95. The van der Waals surface area contributed by atoms with Crippen LogP contribution < -0.4 is 15.9 Å². The van der Waals surface area contributed by atoms with Gasteiger partial charge in [0.05, 0.1) is 11.9 Å². The average molecular weight is 302 g/mol. The molecule has 7 heteroatoms. The van der Waals surface area contributed by atoms with E-state index in [1.807, 2.05) is 13.0 Å². The second-order valence-electron chi connectivity index (χ2n) is 4.33. The van der Waals surface area contributed by atoms with E-state index in [9.17, 15) is 4.79 Å². The third kappa shape index (κ3) is 3.51. The zero-order valence-corrected chi connectivity index (χ0v) is 12.4. The number of hydrogen-bond donors (Lipinski definition) is 2. The van der Waals surface area contributed by atoms with Crippen molar-refractivity contribution >= 4 is 40.3 Å². The topological polar surface area (TPSA) is 89.6 Å². The standard InChI is InChI=1S/C14H14N4O2S/c1-8-6-16-11(7-17-18-14(15)21)10-4-3-5-12(13(8)10)20-9(2)19/h3-7H,1-2H3,(H3,15,18,21)/b17-7+. The molecule has 1 aromatic carbocycles. The van der Waals surface area contributed by atoms with E-state index >= 15 is 0 Å². The van der Waals surface area contributed by atoms with Crippen molar-refractivity contribution in [3.8, 4) is 5.75 Å². The molecule has 2 rings (SSSR count). The van der Waals surface area contributed by atoms with Gasteiger partial charge in [-0.15, -0.1) is 0 Å². The summed E-state index contributed by atoms with van der Waals surface area (Å²) in [4.78, 5) is 15.5. The van der Waals surface area contributed by atoms with Crippen molar-refractivity contribution in [1.29, 1.82) is 0 Å². The van der Waals surface area contributed by atoms with Crippen LogP contribution in [0.5, 0.6) is 5.75 Å². The molecule has 0 unspecified atom stereocenters. The van der Waals surface area contributed by atoms with Crippen molar-refractivity contribution in [2.24, 2.45) is 10.8 Å². The summed E-state index contributed by atoms with van der Waals surface area (Å²) in [6, 6.07) is 5.41. The molecule has 6 nitrogen and oxygen atoms in total. The fraction of sp³-hybridized carbons (Fsp3) is 0.143. The van der Waals surface area contributed by atoms with Crippen LogP contribution in [0.1, 0.15) is 18.2 Å². The van der Waals surface area contributed by atoms with Crippen LogP contribution in [0.2, 0.25) is 0 Å². The van der Waals surface area contributed by atoms with Crippen LogP contribution in [0, 0.1) is 6.92 Å². The SMILES string of the molecule is CC(=O)Oc1cccc2c(/C=N/NC(N)=S)ncc(C)c12. The van der Waals surface area contributed by atoms with Gasteiger partial charge in [-0.05, 0) is 30.8 Å². The van der Waals surface area contributed by atoms with Crippen LogP contribution in [-0.2, 0) is 4.79 Å². The van der Waals surface area contributed by atoms with Crippen molar-refractivity contribution in [2.45, 2.75) is 13.8 Å². The number of ether oxygens (including phenoxy) is 1. The number of thiocarbonyl (C=S) groups is 1. The summed E-state index contributed by atoms with van der Waals surface area (Å²) >= 11 is 4.67. The third-order valence-corrected chi connectivity index (χ3v) is 2.80. The van der Waals surface area contributed by atoms with Gasteiger partial charge in [-0.2, -0.15) is 5.10 Å². The van der Waals surface area contributed by atoms with Crippen LogP contribution in [-0.4, -0.2) is 22.3 Å². The molecule has 3 N–H and O–H groups in total. The highest BCUT2D eigenvalue weighted by Gasteiger charge is 2.10. The van der Waals surface area contributed by atoms with E-state index < -0.39 is 0 Å². The quantitative estimate of drug-likeness (QED) is 0.294. The van der Waals surface area contributed by atoms with Crippen molar-refractivity contribution < 1.29 is 9.53 Å². The van der Waals surface area contributed by atoms with Crippen molar-refractivity contribution in [3.63, 3.8) is 0 Å². The Morgan fingerprint density at radius 2 is 2.29 bits per heavy atom. The first-order valence-corrected chi connectivity index (χ1v) is 6.55. The predicted octanol–water partition coefficient (Wildman–Crippen LogP) is 1.64. The first-order valence-electron chi connectivity index (χ1n) is 6.14. The van der Waals surface area contributed by atoms with Gasteiger partial charge < -0.3 is 10.5 Å². The molecule has 21 heavy (non-hydrogen) atoms. The highest BCUT2D eigenvalue weighted by Crippen LogP contribution is 2.29. The lowest BCUT2D eigenvalue weighted by Crippen LogP contribution is -2.24. The molecular formula is C14H14N4O2S. The number of nitrogens with two attached hydrogens (primary N) is 1. The largest absolute Gasteiger partial charge is 0.426 e. The Labute approximate surface area is 127 Å². The number of rotatable bonds is 3. The molecule has 1 aromatic heterocycles. The molecule has 2 aromatic rings. The Morgan fingerprint density at radius 3 is 2.95 bits per heavy atom. The zero-order chi connectivity index (χ0) is 15.4. The summed E-state index contributed by atoms with van der Waals surface area (Å²) in [7, 11) is 0. The van der Waals surface area contributed by atoms with Gasteiger partial charge in [0.1, 0.15) is 5.75 Å². The van der Waals surface area contributed by atoms with Crippen LogP contribution in [0.3, 0.4) is 0 Å². The lowest BCUT2D eigenvalue weighted by Gasteiger charge is -2.10. The molecule has 0 aliphatic rings. The normalized spacial score (nSPS) is 10.8. The van der Waals surface area contributed by atoms with E-state index in [1.54, 1.807) is 18.3 Å². The molecule has 0 bridgehead atoms. The summed E-state index contributed by atoms with van der Waals surface area (Å²) in [5.41, 5.74) is 9.30. The number of aryl methyl sites for hydroxylation is 1. The molecule has 0 aliphatic carbocycles. The Kier molecular flexibility index (Phi) is 4.44. The van der Waals surface area contributed by atoms with Gasteiger partial charge in [0.15, 0.2) is 5.11 Å². The van der Waals surface area contributed by atoms with E-state index in [0.717, 1.165) is 16.3 Å². The number of aromatic nitrogens is 1. The van der Waals surface area contributed by atoms with Crippen molar-refractivity contribution in [3.05, 3.63) is 35.7 Å². The highest BCUT2D eigenvalue weighted by atomic mass is 32.1. The zero-order valence-electron chi connectivity index (χ0n) is 11.6. The van der Waals surface area contributed by atoms with Crippen LogP contribution in [0.4, 0.5) is 0 Å². The summed E-state index contributed by atoms with van der Waals surface area (Å²) in [6.45, 7) is 3.26. The number of hydrazone groups is 1. The molecule has 0 fully saturated rings. The van der Waals surface area contributed by atoms with Gasteiger partial charge in [-0.3, -0.25) is 15.2 Å². The first-order chi connectivity index (χ1) is 9.99. The number of nitrogens with one attached hydrogen (secondary N) is 1. The van der Waals surface area contributed by atoms with E-state index in [0.29, 0.717) is 11.4 Å². The van der Waals surface area contributed by atoms with Gasteiger partial charge in [-0.1, -0.05) is 12.1 Å². The van der Waals surface area contributed by atoms with Gasteiger partial charge in [0.25, 0.3) is 0 Å². The van der Waals surface area contributed by atoms with E-state index in [4.69, 9.17) is 10.5 Å². The molecule has 0 aliphatic heterocycles. The van der Waals surface area contributed by atoms with Crippen molar-refractivity contribution in [1.82, 2.24) is 10.4 Å². The highest BCUT2D eigenvalue weighted by molar-refractivity contribution is 7.80. The van der Waals surface area contributed by atoms with Gasteiger partial charge >= 0.3 is 5.97 Å². The van der Waals surface area contributed by atoms with E-state index in [-0.39, 0.29) is 11.1 Å². The number of hydrogen-bond acceptors (Lipinski definition) is 5. The Hall–Kier alpha value is -2.54. The number of benzene rings is 1. The molecule has 0 radical (unpaired) electrons. The molecular weight excluding hydrogens is 288 g/mol. The molecule has 1 heterocycles. The van der Waals surface area contributed by atoms with Crippen molar-refractivity contribution in [2.75, 3.05) is 0 Å². The summed E-state index contributed by atoms with van der Waals surface area (Å²) in [5.74, 6) is 0.126. The number of pyridine rings is 1. The number of carbonyl (C=O) groups excluding carboxylic acids is 1. The molecule has 0 spiro atoms. The van der Waals surface area contributed by atoms with Gasteiger partial charge in [0.2, 0.25) is 0 Å². The number of carbonyl (C=O) groups is 1. The molecule has 0 saturated heterocycles. The number of nitrogens with zero attached hydrogens (tertiary/aromatic N) is 2. The first kappa shape index (κ1) is 14.9. The summed E-state index contributed by atoms with van der Waals surface area (Å²) in [5, 5.41) is 5.61. The molecule has 0 atom stereocenters. The minimum atomic E-state index is -0.371. The maximum Gasteiger partial charge on any atom is 0.308 e. The van der Waals surface area contributed by atoms with Gasteiger partial charge in [-0.25, -0.2) is 0 Å². The average Bonchev–Trinajstić information content (AvgIpc) is 2.40. The van der Waals surface area contributed by atoms with Crippen LogP contribution in [0.15, 0.2) is 29.5 Å². The monoisotopic (exact) mass is 302 g/mol. The second-order valence-corrected chi connectivity index (χ2v) is 4.77. The summed E-state index contributed by atoms with van der Waals surface area (Å²) < 4.78 is 5.24. The fourth-order valence-corrected chi connectivity index (χ4v) is 2.00. The van der Waals surface area contributed by atoms with Gasteiger partial charge in [0, 0.05) is 23.9 Å². The van der Waals surface area contributed by atoms with Crippen LogP contribution in [0.25, 0.3) is 10.8 Å². The van der Waals surface area contributed by atoms with Crippen LogP contribution >= 0.6 is 12.2 Å². The molecule has 108 valence electrons. The predicted molar refractivity (Wildman–Crippen MR) is 85.3 cm³/mol. The number of fused-ring (bicyclic) bond motifs is 1.